The number of fused-ring (bicyclic) bond motifs is 1. The van der Waals surface area contributed by atoms with Gasteiger partial charge < -0.3 is 10.1 Å². The number of hydrogen-bond acceptors (Lipinski definition) is 6. The van der Waals surface area contributed by atoms with Gasteiger partial charge in [0.1, 0.15) is 5.75 Å². The predicted molar refractivity (Wildman–Crippen MR) is 103 cm³/mol. The van der Waals surface area contributed by atoms with Crippen molar-refractivity contribution in [1.29, 1.82) is 0 Å². The van der Waals surface area contributed by atoms with Crippen molar-refractivity contribution in [2.24, 2.45) is 0 Å². The second-order valence-corrected chi connectivity index (χ2v) is 6.78. The summed E-state index contributed by atoms with van der Waals surface area (Å²) in [5.74, 6) is 1.53. The molecule has 0 radical (unpaired) electrons. The van der Waals surface area contributed by atoms with Gasteiger partial charge >= 0.3 is 0 Å². The standard InChI is InChI=1S/C20H24N6O/c1-15-10-19(27-2)5-4-16(15)13-25-8-9-26-18(14-25)11-17(24-26)12-23-20-21-6-3-7-22-20/h3-7,10-11H,8-9,12-14H2,1-2H3,(H,21,22,23). The highest BCUT2D eigenvalue weighted by molar-refractivity contribution is 5.34. The van der Waals surface area contributed by atoms with Crippen LogP contribution in [0.1, 0.15) is 22.5 Å². The molecule has 0 saturated heterocycles. The van der Waals surface area contributed by atoms with Crippen molar-refractivity contribution in [2.75, 3.05) is 19.0 Å². The Balaban J connectivity index is 1.39. The number of benzene rings is 1. The van der Waals surface area contributed by atoms with E-state index in [0.717, 1.165) is 37.6 Å². The van der Waals surface area contributed by atoms with Crippen molar-refractivity contribution < 1.29 is 4.74 Å². The molecule has 3 heterocycles. The largest absolute Gasteiger partial charge is 0.497 e. The van der Waals surface area contributed by atoms with Crippen LogP contribution in [0.15, 0.2) is 42.7 Å². The fourth-order valence-corrected chi connectivity index (χ4v) is 3.38. The molecule has 1 N–H and O–H groups in total. The number of aromatic nitrogens is 4. The van der Waals surface area contributed by atoms with Crippen LogP contribution >= 0.6 is 0 Å². The second-order valence-electron chi connectivity index (χ2n) is 6.78. The van der Waals surface area contributed by atoms with Gasteiger partial charge in [-0.1, -0.05) is 6.07 Å². The average molecular weight is 364 g/mol. The number of hydrogen-bond donors (Lipinski definition) is 1. The van der Waals surface area contributed by atoms with Gasteiger partial charge in [0.15, 0.2) is 0 Å². The minimum Gasteiger partial charge on any atom is -0.497 e. The van der Waals surface area contributed by atoms with Crippen molar-refractivity contribution >= 4 is 5.95 Å². The van der Waals surface area contributed by atoms with Gasteiger partial charge in [0.25, 0.3) is 0 Å². The molecule has 27 heavy (non-hydrogen) atoms. The van der Waals surface area contributed by atoms with Gasteiger partial charge in [-0.05, 0) is 42.3 Å². The van der Waals surface area contributed by atoms with E-state index in [9.17, 15) is 0 Å². The van der Waals surface area contributed by atoms with E-state index >= 15 is 0 Å². The number of aryl methyl sites for hydroxylation is 1. The van der Waals surface area contributed by atoms with Crippen LogP contribution in [0.25, 0.3) is 0 Å². The van der Waals surface area contributed by atoms with Gasteiger partial charge in [0.2, 0.25) is 5.95 Å². The van der Waals surface area contributed by atoms with Gasteiger partial charge in [0, 0.05) is 32.0 Å². The molecule has 0 fully saturated rings. The van der Waals surface area contributed by atoms with Crippen LogP contribution in [0.2, 0.25) is 0 Å². The molecule has 1 aliphatic heterocycles. The molecule has 3 aromatic rings. The van der Waals surface area contributed by atoms with Crippen molar-refractivity contribution in [3.8, 4) is 5.75 Å². The highest BCUT2D eigenvalue weighted by atomic mass is 16.5. The number of ether oxygens (including phenoxy) is 1. The number of rotatable bonds is 6. The zero-order valence-electron chi connectivity index (χ0n) is 15.7. The molecule has 0 aliphatic carbocycles. The summed E-state index contributed by atoms with van der Waals surface area (Å²) >= 11 is 0. The van der Waals surface area contributed by atoms with Crippen LogP contribution in [0, 0.1) is 6.92 Å². The van der Waals surface area contributed by atoms with Gasteiger partial charge in [-0.3, -0.25) is 9.58 Å². The zero-order valence-corrected chi connectivity index (χ0v) is 15.7. The van der Waals surface area contributed by atoms with Crippen LogP contribution in [-0.2, 0) is 26.2 Å². The minimum absolute atomic E-state index is 0.625. The molecule has 7 nitrogen and oxygen atoms in total. The summed E-state index contributed by atoms with van der Waals surface area (Å²) in [6.45, 7) is 6.51. The first kappa shape index (κ1) is 17.5. The molecule has 0 saturated carbocycles. The highest BCUT2D eigenvalue weighted by Gasteiger charge is 2.19. The summed E-state index contributed by atoms with van der Waals surface area (Å²) in [6, 6.07) is 10.3. The van der Waals surface area contributed by atoms with E-state index in [0.29, 0.717) is 12.5 Å². The number of nitrogens with zero attached hydrogens (tertiary/aromatic N) is 5. The first-order valence-electron chi connectivity index (χ1n) is 9.13. The molecule has 0 unspecified atom stereocenters. The lowest BCUT2D eigenvalue weighted by atomic mass is 10.1. The lowest BCUT2D eigenvalue weighted by molar-refractivity contribution is 0.204. The van der Waals surface area contributed by atoms with E-state index in [1.807, 2.05) is 6.07 Å². The maximum Gasteiger partial charge on any atom is 0.222 e. The number of nitrogens with one attached hydrogen (secondary N) is 1. The lowest BCUT2D eigenvalue weighted by Gasteiger charge is -2.28. The minimum atomic E-state index is 0.625. The SMILES string of the molecule is COc1ccc(CN2CCn3nc(CNc4ncccn4)cc3C2)c(C)c1. The first-order valence-corrected chi connectivity index (χ1v) is 9.13. The Kier molecular flexibility index (Phi) is 5.02. The van der Waals surface area contributed by atoms with E-state index in [1.54, 1.807) is 25.6 Å². The molecule has 0 atom stereocenters. The third-order valence-corrected chi connectivity index (χ3v) is 4.86. The van der Waals surface area contributed by atoms with Crippen molar-refractivity contribution in [3.63, 3.8) is 0 Å². The Morgan fingerprint density at radius 1 is 1.15 bits per heavy atom. The first-order chi connectivity index (χ1) is 13.2. The molecule has 140 valence electrons. The number of anilines is 1. The summed E-state index contributed by atoms with van der Waals surface area (Å²) in [5, 5.41) is 7.92. The molecule has 0 amide bonds. The Hall–Kier alpha value is -2.93. The van der Waals surface area contributed by atoms with Gasteiger partial charge in [-0.2, -0.15) is 5.10 Å². The Morgan fingerprint density at radius 2 is 2.00 bits per heavy atom. The van der Waals surface area contributed by atoms with Crippen LogP contribution < -0.4 is 10.1 Å². The maximum absolute atomic E-state index is 5.30. The maximum atomic E-state index is 5.30. The predicted octanol–water partition coefficient (Wildman–Crippen LogP) is 2.62. The highest BCUT2D eigenvalue weighted by Crippen LogP contribution is 2.21. The quantitative estimate of drug-likeness (QED) is 0.725. The van der Waals surface area contributed by atoms with Crippen molar-refractivity contribution in [1.82, 2.24) is 24.6 Å². The number of methoxy groups -OCH3 is 1. The summed E-state index contributed by atoms with van der Waals surface area (Å²) < 4.78 is 7.42. The lowest BCUT2D eigenvalue weighted by Crippen LogP contribution is -2.33. The Bertz CT molecular complexity index is 908. The molecule has 0 bridgehead atoms. The van der Waals surface area contributed by atoms with Crippen LogP contribution in [0.5, 0.6) is 5.75 Å². The summed E-state index contributed by atoms with van der Waals surface area (Å²) in [4.78, 5) is 10.8. The Morgan fingerprint density at radius 3 is 2.78 bits per heavy atom. The van der Waals surface area contributed by atoms with Gasteiger partial charge in [-0.25, -0.2) is 9.97 Å². The fraction of sp³-hybridized carbons (Fsp3) is 0.350. The third-order valence-electron chi connectivity index (χ3n) is 4.86. The molecule has 0 spiro atoms. The molecular formula is C20H24N6O. The van der Waals surface area contributed by atoms with Crippen molar-refractivity contribution in [2.45, 2.75) is 33.1 Å². The van der Waals surface area contributed by atoms with E-state index in [2.05, 4.69) is 50.0 Å². The van der Waals surface area contributed by atoms with E-state index in [1.165, 1.54) is 16.8 Å². The van der Waals surface area contributed by atoms with Crippen LogP contribution in [0.4, 0.5) is 5.95 Å². The summed E-state index contributed by atoms with van der Waals surface area (Å²) in [7, 11) is 1.70. The van der Waals surface area contributed by atoms with Gasteiger partial charge in [0.05, 0.1) is 31.6 Å². The molecule has 1 aromatic carbocycles. The second kappa shape index (κ2) is 7.75. The van der Waals surface area contributed by atoms with Crippen LogP contribution in [0.3, 0.4) is 0 Å². The fourth-order valence-electron chi connectivity index (χ4n) is 3.38. The molecule has 2 aromatic heterocycles. The zero-order chi connectivity index (χ0) is 18.6. The smallest absolute Gasteiger partial charge is 0.222 e. The third kappa shape index (κ3) is 4.09. The van der Waals surface area contributed by atoms with Crippen molar-refractivity contribution in [3.05, 3.63) is 65.2 Å². The van der Waals surface area contributed by atoms with Crippen LogP contribution in [-0.4, -0.2) is 38.3 Å². The summed E-state index contributed by atoms with van der Waals surface area (Å²) in [5.41, 5.74) is 4.87. The monoisotopic (exact) mass is 364 g/mol. The Labute approximate surface area is 159 Å². The van der Waals surface area contributed by atoms with E-state index in [-0.39, 0.29) is 0 Å². The topological polar surface area (TPSA) is 68.1 Å². The van der Waals surface area contributed by atoms with E-state index in [4.69, 9.17) is 9.84 Å². The van der Waals surface area contributed by atoms with Gasteiger partial charge in [-0.15, -0.1) is 0 Å². The molecule has 4 rings (SSSR count). The molecule has 7 heteroatoms. The summed E-state index contributed by atoms with van der Waals surface area (Å²) in [6.07, 6.45) is 3.46. The van der Waals surface area contributed by atoms with E-state index < -0.39 is 0 Å². The average Bonchev–Trinajstić information content (AvgIpc) is 3.11. The molecular weight excluding hydrogens is 340 g/mol. The molecule has 1 aliphatic rings. The normalized spacial score (nSPS) is 14.0.